The Morgan fingerprint density at radius 2 is 1.69 bits per heavy atom. The molecule has 8 heteroatoms. The Morgan fingerprint density at radius 1 is 0.944 bits per heavy atom. The summed E-state index contributed by atoms with van der Waals surface area (Å²) in [5, 5.41) is 6.47. The Labute approximate surface area is 221 Å². The van der Waals surface area contributed by atoms with E-state index in [1.807, 2.05) is 48.5 Å². The predicted molar refractivity (Wildman–Crippen MR) is 140 cm³/mol. The van der Waals surface area contributed by atoms with Gasteiger partial charge in [0.25, 0.3) is 5.91 Å². The molecule has 0 unspecified atom stereocenters. The summed E-state index contributed by atoms with van der Waals surface area (Å²) in [4.78, 5) is 45.3. The molecule has 0 aliphatic carbocycles. The van der Waals surface area contributed by atoms with Gasteiger partial charge in [-0.3, -0.25) is 19.3 Å². The molecule has 2 saturated heterocycles. The smallest absolute Gasteiger partial charge is 0.251 e. The number of carbonyl (C=O) groups excluding carboxylic acids is 3. The second-order valence-corrected chi connectivity index (χ2v) is 11.2. The third kappa shape index (κ3) is 2.44. The molecular weight excluding hydrogens is 542 g/mol. The molecular formula is C28H21BrClN3O3. The van der Waals surface area contributed by atoms with Crippen LogP contribution in [0.15, 0.2) is 71.2 Å². The molecule has 0 bridgehead atoms. The van der Waals surface area contributed by atoms with Crippen LogP contribution in [0.5, 0.6) is 0 Å². The van der Waals surface area contributed by atoms with Crippen molar-refractivity contribution in [2.24, 2.45) is 5.92 Å². The molecule has 4 aliphatic heterocycles. The summed E-state index contributed by atoms with van der Waals surface area (Å²) in [5.41, 5.74) is 0.156. The van der Waals surface area contributed by atoms with Crippen LogP contribution in [-0.4, -0.2) is 35.1 Å². The van der Waals surface area contributed by atoms with E-state index in [4.69, 9.17) is 11.6 Å². The first kappa shape index (κ1) is 22.2. The zero-order chi connectivity index (χ0) is 24.8. The fourth-order valence-corrected chi connectivity index (χ4v) is 7.85. The van der Waals surface area contributed by atoms with Gasteiger partial charge in [0, 0.05) is 27.3 Å². The second kappa shape index (κ2) is 7.51. The van der Waals surface area contributed by atoms with Gasteiger partial charge < -0.3 is 10.6 Å². The number of para-hydroxylation sites is 2. The van der Waals surface area contributed by atoms with Crippen LogP contribution in [0, 0.1) is 5.92 Å². The number of ketones is 1. The molecule has 0 radical (unpaired) electrons. The molecule has 4 atom stereocenters. The van der Waals surface area contributed by atoms with Crippen molar-refractivity contribution in [3.63, 3.8) is 0 Å². The minimum Gasteiger partial charge on any atom is -0.325 e. The summed E-state index contributed by atoms with van der Waals surface area (Å²) in [5.74, 6) is -1.53. The topological polar surface area (TPSA) is 78.5 Å². The Hall–Kier alpha value is -3.00. The van der Waals surface area contributed by atoms with Gasteiger partial charge in [-0.15, -0.1) is 0 Å². The summed E-state index contributed by atoms with van der Waals surface area (Å²) < 4.78 is 0.863. The summed E-state index contributed by atoms with van der Waals surface area (Å²) >= 11 is 10.0. The number of fused-ring (bicyclic) bond motifs is 7. The standard InChI is InChI=1S/C28H21BrClN3O3/c29-16-12-10-15(11-13-16)24(34)22-21-9-4-14-33(21)28(18-6-3-7-19(30)23(18)32-26(28)36)27(22)17-5-1-2-8-20(17)31-25(27)35/h1-3,5-8,10-13,21-22H,4,9,14H2,(H,31,35)(H,32,36)/t21-,22-,27-,28+/m0/s1. The average Bonchev–Trinajstić information content (AvgIpc) is 3.59. The van der Waals surface area contributed by atoms with Crippen LogP contribution in [-0.2, 0) is 20.5 Å². The Bertz CT molecular complexity index is 1490. The van der Waals surface area contributed by atoms with Crippen molar-refractivity contribution in [2.75, 3.05) is 17.2 Å². The van der Waals surface area contributed by atoms with Gasteiger partial charge in [-0.25, -0.2) is 0 Å². The van der Waals surface area contributed by atoms with E-state index in [-0.39, 0.29) is 23.6 Å². The highest BCUT2D eigenvalue weighted by Gasteiger charge is 2.81. The average molecular weight is 563 g/mol. The van der Waals surface area contributed by atoms with Gasteiger partial charge in [-0.05, 0) is 49.2 Å². The van der Waals surface area contributed by atoms with Crippen molar-refractivity contribution in [1.82, 2.24) is 4.90 Å². The molecule has 0 aromatic heterocycles. The molecule has 2 fully saturated rings. The summed E-state index contributed by atoms with van der Waals surface area (Å²) in [6.07, 6.45) is 1.55. The lowest BCUT2D eigenvalue weighted by Gasteiger charge is -2.43. The number of halogens is 2. The van der Waals surface area contributed by atoms with Gasteiger partial charge in [-0.1, -0.05) is 70.0 Å². The minimum atomic E-state index is -1.46. The largest absolute Gasteiger partial charge is 0.325 e. The molecule has 4 heterocycles. The lowest BCUT2D eigenvalue weighted by atomic mass is 9.57. The Balaban J connectivity index is 1.59. The normalized spacial score (nSPS) is 29.8. The molecule has 4 aliphatic rings. The summed E-state index contributed by atoms with van der Waals surface area (Å²) in [7, 11) is 0. The third-order valence-electron chi connectivity index (χ3n) is 8.49. The highest BCUT2D eigenvalue weighted by molar-refractivity contribution is 9.10. The Morgan fingerprint density at radius 3 is 2.50 bits per heavy atom. The highest BCUT2D eigenvalue weighted by Crippen LogP contribution is 2.68. The first-order chi connectivity index (χ1) is 17.4. The number of benzene rings is 3. The number of Topliss-reactive ketones (excluding diaryl/α,β-unsaturated/α-hetero) is 1. The van der Waals surface area contributed by atoms with Crippen molar-refractivity contribution >= 4 is 56.5 Å². The molecule has 6 nitrogen and oxygen atoms in total. The maximum absolute atomic E-state index is 14.5. The first-order valence-electron chi connectivity index (χ1n) is 12.0. The molecule has 180 valence electrons. The molecule has 2 N–H and O–H groups in total. The van der Waals surface area contributed by atoms with E-state index in [0.29, 0.717) is 39.6 Å². The van der Waals surface area contributed by atoms with E-state index in [9.17, 15) is 14.4 Å². The Kier molecular flexibility index (Phi) is 4.63. The molecule has 7 rings (SSSR count). The van der Waals surface area contributed by atoms with E-state index >= 15 is 0 Å². The van der Waals surface area contributed by atoms with Crippen LogP contribution in [0.4, 0.5) is 11.4 Å². The number of hydrogen-bond donors (Lipinski definition) is 2. The SMILES string of the molecule is O=C(c1ccc(Br)cc1)[C@@H]1[C@@H]2CCCN2[C@]2(C(=O)Nc3c(Cl)cccc32)[C@]12C(=O)Nc1ccccc12. The van der Waals surface area contributed by atoms with Crippen LogP contribution in [0.2, 0.25) is 5.02 Å². The van der Waals surface area contributed by atoms with Crippen molar-refractivity contribution in [3.05, 3.63) is 92.9 Å². The van der Waals surface area contributed by atoms with Crippen molar-refractivity contribution in [3.8, 4) is 0 Å². The molecule has 0 saturated carbocycles. The molecule has 2 spiro atoms. The zero-order valence-electron chi connectivity index (χ0n) is 19.1. The monoisotopic (exact) mass is 561 g/mol. The fraction of sp³-hybridized carbons (Fsp3) is 0.250. The maximum atomic E-state index is 14.5. The fourth-order valence-electron chi connectivity index (χ4n) is 7.36. The van der Waals surface area contributed by atoms with E-state index in [2.05, 4.69) is 31.5 Å². The number of rotatable bonds is 2. The van der Waals surface area contributed by atoms with Gasteiger partial charge >= 0.3 is 0 Å². The second-order valence-electron chi connectivity index (χ2n) is 9.89. The van der Waals surface area contributed by atoms with Crippen LogP contribution >= 0.6 is 27.5 Å². The number of amides is 2. The number of nitrogens with zero attached hydrogens (tertiary/aromatic N) is 1. The quantitative estimate of drug-likeness (QED) is 0.425. The number of carbonyl (C=O) groups is 3. The van der Waals surface area contributed by atoms with Crippen LogP contribution in [0.1, 0.15) is 34.3 Å². The number of anilines is 2. The molecule has 36 heavy (non-hydrogen) atoms. The van der Waals surface area contributed by atoms with E-state index in [1.54, 1.807) is 18.2 Å². The van der Waals surface area contributed by atoms with Gasteiger partial charge in [-0.2, -0.15) is 0 Å². The first-order valence-corrected chi connectivity index (χ1v) is 13.2. The number of nitrogens with one attached hydrogen (secondary N) is 2. The zero-order valence-corrected chi connectivity index (χ0v) is 21.4. The van der Waals surface area contributed by atoms with Gasteiger partial charge in [0.05, 0.1) is 16.6 Å². The lowest BCUT2D eigenvalue weighted by Crippen LogP contribution is -2.62. The van der Waals surface area contributed by atoms with Gasteiger partial charge in [0.2, 0.25) is 5.91 Å². The maximum Gasteiger partial charge on any atom is 0.251 e. The predicted octanol–water partition coefficient (Wildman–Crippen LogP) is 5.12. The minimum absolute atomic E-state index is 0.133. The van der Waals surface area contributed by atoms with Crippen molar-refractivity contribution in [2.45, 2.75) is 29.8 Å². The van der Waals surface area contributed by atoms with Gasteiger partial charge in [0.1, 0.15) is 11.0 Å². The molecule has 3 aromatic rings. The third-order valence-corrected chi connectivity index (χ3v) is 9.34. The van der Waals surface area contributed by atoms with Crippen LogP contribution < -0.4 is 10.6 Å². The number of hydrogen-bond acceptors (Lipinski definition) is 4. The van der Waals surface area contributed by atoms with Crippen molar-refractivity contribution in [1.29, 1.82) is 0 Å². The van der Waals surface area contributed by atoms with E-state index in [1.165, 1.54) is 0 Å². The summed E-state index contributed by atoms with van der Waals surface area (Å²) in [6, 6.07) is 19.8. The van der Waals surface area contributed by atoms with Crippen molar-refractivity contribution < 1.29 is 14.4 Å². The van der Waals surface area contributed by atoms with Gasteiger partial charge in [0.15, 0.2) is 5.78 Å². The van der Waals surface area contributed by atoms with Crippen LogP contribution in [0.3, 0.4) is 0 Å². The van der Waals surface area contributed by atoms with Crippen LogP contribution in [0.25, 0.3) is 0 Å². The summed E-state index contributed by atoms with van der Waals surface area (Å²) in [6.45, 7) is 0.603. The highest BCUT2D eigenvalue weighted by atomic mass is 79.9. The molecule has 3 aromatic carbocycles. The molecule has 2 amide bonds. The lowest BCUT2D eigenvalue weighted by molar-refractivity contribution is -0.137. The van der Waals surface area contributed by atoms with E-state index < -0.39 is 16.9 Å². The van der Waals surface area contributed by atoms with E-state index in [0.717, 1.165) is 17.3 Å².